The van der Waals surface area contributed by atoms with E-state index in [2.05, 4.69) is 5.32 Å². The fourth-order valence-electron chi connectivity index (χ4n) is 1.68. The average Bonchev–Trinajstić information content (AvgIpc) is 2.46. The zero-order chi connectivity index (χ0) is 16.1. The molecule has 0 atom stereocenters. The molecule has 0 aromatic heterocycles. The summed E-state index contributed by atoms with van der Waals surface area (Å²) in [5.41, 5.74) is 0.543. The minimum Gasteiger partial charge on any atom is -0.495 e. The van der Waals surface area contributed by atoms with Crippen LogP contribution in [-0.2, 0) is 4.79 Å². The summed E-state index contributed by atoms with van der Waals surface area (Å²) in [5.74, 6) is 0.574. The number of hydrogen-bond acceptors (Lipinski definition) is 3. The molecule has 0 aliphatic carbocycles. The monoisotopic (exact) mass is 359 g/mol. The molecule has 22 heavy (non-hydrogen) atoms. The summed E-state index contributed by atoms with van der Waals surface area (Å²) < 4.78 is 10.4. The molecule has 1 amide bonds. The SMILES string of the molecule is COc1ccc(NC(=O)COc2ccc(Cl)cc2Cl)cc1Cl. The summed E-state index contributed by atoms with van der Waals surface area (Å²) in [6.07, 6.45) is 0. The number of amides is 1. The Labute approximate surface area is 142 Å². The number of benzene rings is 2. The number of nitrogens with one attached hydrogen (secondary N) is 1. The van der Waals surface area contributed by atoms with Gasteiger partial charge in [-0.15, -0.1) is 0 Å². The molecule has 2 aromatic rings. The molecule has 0 spiro atoms. The molecule has 4 nitrogen and oxygen atoms in total. The van der Waals surface area contributed by atoms with Crippen LogP contribution < -0.4 is 14.8 Å². The van der Waals surface area contributed by atoms with Crippen LogP contribution in [0.15, 0.2) is 36.4 Å². The summed E-state index contributed by atoms with van der Waals surface area (Å²) in [5, 5.41) is 3.90. The smallest absolute Gasteiger partial charge is 0.262 e. The van der Waals surface area contributed by atoms with E-state index in [9.17, 15) is 4.79 Å². The van der Waals surface area contributed by atoms with E-state index in [0.29, 0.717) is 32.3 Å². The summed E-state index contributed by atoms with van der Waals surface area (Å²) in [4.78, 5) is 11.9. The first-order valence-corrected chi connectivity index (χ1v) is 7.34. The summed E-state index contributed by atoms with van der Waals surface area (Å²) >= 11 is 17.7. The highest BCUT2D eigenvalue weighted by molar-refractivity contribution is 6.35. The zero-order valence-corrected chi connectivity index (χ0v) is 13.8. The van der Waals surface area contributed by atoms with Crippen molar-refractivity contribution in [2.45, 2.75) is 0 Å². The van der Waals surface area contributed by atoms with Gasteiger partial charge in [-0.1, -0.05) is 34.8 Å². The Morgan fingerprint density at radius 2 is 1.73 bits per heavy atom. The lowest BCUT2D eigenvalue weighted by Crippen LogP contribution is -2.20. The Morgan fingerprint density at radius 3 is 2.36 bits per heavy atom. The third-order valence-electron chi connectivity index (χ3n) is 2.69. The Morgan fingerprint density at radius 1 is 1.05 bits per heavy atom. The van der Waals surface area contributed by atoms with Crippen molar-refractivity contribution in [2.75, 3.05) is 19.0 Å². The molecule has 2 aromatic carbocycles. The second kappa shape index (κ2) is 7.58. The van der Waals surface area contributed by atoms with Crippen molar-refractivity contribution in [1.82, 2.24) is 0 Å². The van der Waals surface area contributed by atoms with Gasteiger partial charge in [-0.3, -0.25) is 4.79 Å². The van der Waals surface area contributed by atoms with E-state index in [1.54, 1.807) is 36.4 Å². The van der Waals surface area contributed by atoms with Crippen LogP contribution in [0, 0.1) is 0 Å². The van der Waals surface area contributed by atoms with Crippen molar-refractivity contribution in [3.05, 3.63) is 51.5 Å². The molecule has 0 heterocycles. The summed E-state index contributed by atoms with van der Waals surface area (Å²) in [6.45, 7) is -0.189. The minimum atomic E-state index is -0.341. The highest BCUT2D eigenvalue weighted by Crippen LogP contribution is 2.28. The molecule has 0 saturated carbocycles. The van der Waals surface area contributed by atoms with E-state index in [4.69, 9.17) is 44.3 Å². The average molecular weight is 361 g/mol. The first kappa shape index (κ1) is 16.7. The van der Waals surface area contributed by atoms with Crippen LogP contribution in [0.25, 0.3) is 0 Å². The summed E-state index contributed by atoms with van der Waals surface area (Å²) in [7, 11) is 1.52. The van der Waals surface area contributed by atoms with Gasteiger partial charge < -0.3 is 14.8 Å². The Hall–Kier alpha value is -1.62. The van der Waals surface area contributed by atoms with E-state index < -0.39 is 0 Å². The first-order valence-electron chi connectivity index (χ1n) is 6.21. The topological polar surface area (TPSA) is 47.6 Å². The number of methoxy groups -OCH3 is 1. The van der Waals surface area contributed by atoms with Gasteiger partial charge in [-0.25, -0.2) is 0 Å². The van der Waals surface area contributed by atoms with Crippen LogP contribution in [0.4, 0.5) is 5.69 Å². The molecular weight excluding hydrogens is 349 g/mol. The first-order chi connectivity index (χ1) is 10.5. The number of carbonyl (C=O) groups excluding carboxylic acids is 1. The molecule has 1 N–H and O–H groups in total. The van der Waals surface area contributed by atoms with Gasteiger partial charge in [0.25, 0.3) is 5.91 Å². The standard InChI is InChI=1S/C15H12Cl3NO3/c1-21-13-5-3-10(7-12(13)18)19-15(20)8-22-14-4-2-9(16)6-11(14)17/h2-7H,8H2,1H3,(H,19,20). The van der Waals surface area contributed by atoms with Gasteiger partial charge in [0.2, 0.25) is 0 Å². The van der Waals surface area contributed by atoms with Crippen LogP contribution in [0.1, 0.15) is 0 Å². The van der Waals surface area contributed by atoms with Crippen molar-refractivity contribution < 1.29 is 14.3 Å². The minimum absolute atomic E-state index is 0.189. The predicted octanol–water partition coefficient (Wildman–Crippen LogP) is 4.67. The maximum Gasteiger partial charge on any atom is 0.262 e. The largest absolute Gasteiger partial charge is 0.495 e. The Balaban J connectivity index is 1.94. The van der Waals surface area contributed by atoms with Crippen molar-refractivity contribution in [3.8, 4) is 11.5 Å². The van der Waals surface area contributed by atoms with Gasteiger partial charge in [0.15, 0.2) is 6.61 Å². The van der Waals surface area contributed by atoms with Crippen LogP contribution in [0.5, 0.6) is 11.5 Å². The molecule has 0 aliphatic heterocycles. The van der Waals surface area contributed by atoms with E-state index in [1.807, 2.05) is 0 Å². The molecule has 0 saturated heterocycles. The van der Waals surface area contributed by atoms with Crippen molar-refractivity contribution in [1.29, 1.82) is 0 Å². The van der Waals surface area contributed by atoms with Crippen LogP contribution in [-0.4, -0.2) is 19.6 Å². The second-order valence-corrected chi connectivity index (χ2v) is 5.51. The fourth-order valence-corrected chi connectivity index (χ4v) is 2.40. The van der Waals surface area contributed by atoms with Crippen molar-refractivity contribution in [3.63, 3.8) is 0 Å². The van der Waals surface area contributed by atoms with Gasteiger partial charge in [0, 0.05) is 10.7 Å². The number of carbonyl (C=O) groups is 1. The lowest BCUT2D eigenvalue weighted by molar-refractivity contribution is -0.118. The maximum atomic E-state index is 11.9. The van der Waals surface area contributed by atoms with E-state index in [-0.39, 0.29) is 12.5 Å². The maximum absolute atomic E-state index is 11.9. The molecule has 7 heteroatoms. The van der Waals surface area contributed by atoms with Gasteiger partial charge in [0.1, 0.15) is 11.5 Å². The van der Waals surface area contributed by atoms with Gasteiger partial charge >= 0.3 is 0 Å². The van der Waals surface area contributed by atoms with Crippen LogP contribution in [0.2, 0.25) is 15.1 Å². The lowest BCUT2D eigenvalue weighted by atomic mass is 10.3. The van der Waals surface area contributed by atoms with E-state index in [1.165, 1.54) is 7.11 Å². The highest BCUT2D eigenvalue weighted by atomic mass is 35.5. The summed E-state index contributed by atoms with van der Waals surface area (Å²) in [6, 6.07) is 9.70. The van der Waals surface area contributed by atoms with Crippen molar-refractivity contribution >= 4 is 46.4 Å². The Bertz CT molecular complexity index is 692. The molecule has 0 radical (unpaired) electrons. The quantitative estimate of drug-likeness (QED) is 0.842. The molecule has 0 unspecified atom stereocenters. The molecular formula is C15H12Cl3NO3. The second-order valence-electron chi connectivity index (χ2n) is 4.26. The van der Waals surface area contributed by atoms with E-state index >= 15 is 0 Å². The predicted molar refractivity (Wildman–Crippen MR) is 88.6 cm³/mol. The molecule has 0 fully saturated rings. The number of anilines is 1. The van der Waals surface area contributed by atoms with Crippen LogP contribution >= 0.6 is 34.8 Å². The number of ether oxygens (including phenoxy) is 2. The number of rotatable bonds is 5. The molecule has 0 aliphatic rings. The number of halogens is 3. The highest BCUT2D eigenvalue weighted by Gasteiger charge is 2.08. The van der Waals surface area contributed by atoms with Crippen molar-refractivity contribution in [2.24, 2.45) is 0 Å². The normalized spacial score (nSPS) is 10.2. The van der Waals surface area contributed by atoms with Crippen LogP contribution in [0.3, 0.4) is 0 Å². The zero-order valence-electron chi connectivity index (χ0n) is 11.5. The third-order valence-corrected chi connectivity index (χ3v) is 3.51. The number of hydrogen-bond donors (Lipinski definition) is 1. The van der Waals surface area contributed by atoms with Gasteiger partial charge in [0.05, 0.1) is 17.2 Å². The van der Waals surface area contributed by atoms with Gasteiger partial charge in [-0.05, 0) is 36.4 Å². The molecule has 2 rings (SSSR count). The van der Waals surface area contributed by atoms with Gasteiger partial charge in [-0.2, -0.15) is 0 Å². The lowest BCUT2D eigenvalue weighted by Gasteiger charge is -2.10. The molecule has 116 valence electrons. The Kier molecular flexibility index (Phi) is 5.77. The third kappa shape index (κ3) is 4.44. The van der Waals surface area contributed by atoms with E-state index in [0.717, 1.165) is 0 Å². The fraction of sp³-hybridized carbons (Fsp3) is 0.133. The molecule has 0 bridgehead atoms.